The lowest BCUT2D eigenvalue weighted by Gasteiger charge is -2.06. The summed E-state index contributed by atoms with van der Waals surface area (Å²) in [4.78, 5) is 31.2. The first-order chi connectivity index (χ1) is 7.84. The van der Waals surface area contributed by atoms with Crippen molar-refractivity contribution >= 4 is 23.3 Å². The summed E-state index contributed by atoms with van der Waals surface area (Å²) in [6.07, 6.45) is 0. The van der Waals surface area contributed by atoms with Crippen LogP contribution in [0, 0.1) is 15.9 Å². The minimum atomic E-state index is -1.78. The van der Waals surface area contributed by atoms with Gasteiger partial charge in [-0.25, -0.2) is 9.18 Å². The number of carbonyl (C=O) groups excluding carboxylic acids is 1. The number of hydrogen-bond donors (Lipinski definition) is 2. The third-order valence-electron chi connectivity index (χ3n) is 1.83. The molecule has 0 spiro atoms. The minimum Gasteiger partial charge on any atom is -0.477 e. The second-order valence-corrected chi connectivity index (χ2v) is 3.06. The summed E-state index contributed by atoms with van der Waals surface area (Å²) in [5.41, 5.74) is -2.42. The largest absolute Gasteiger partial charge is 0.477 e. The topological polar surface area (TPSA) is 110 Å². The molecule has 0 fully saturated rings. The normalized spacial score (nSPS) is 9.76. The summed E-state index contributed by atoms with van der Waals surface area (Å²) in [7, 11) is 0. The second kappa shape index (κ2) is 4.56. The monoisotopic (exact) mass is 242 g/mol. The van der Waals surface area contributed by atoms with Gasteiger partial charge in [0.15, 0.2) is 5.56 Å². The number of nitro groups is 1. The average Bonchev–Trinajstić information content (AvgIpc) is 2.18. The van der Waals surface area contributed by atoms with Gasteiger partial charge in [0.1, 0.15) is 11.5 Å². The van der Waals surface area contributed by atoms with Crippen LogP contribution in [0.5, 0.6) is 0 Å². The van der Waals surface area contributed by atoms with E-state index in [1.165, 1.54) is 0 Å². The molecule has 90 valence electrons. The van der Waals surface area contributed by atoms with Gasteiger partial charge < -0.3 is 10.4 Å². The Labute approximate surface area is 94.0 Å². The Hall–Kier alpha value is -2.51. The molecule has 1 amide bonds. The van der Waals surface area contributed by atoms with Crippen LogP contribution in [-0.4, -0.2) is 21.9 Å². The summed E-state index contributed by atoms with van der Waals surface area (Å²) in [6.45, 7) is 1.09. The Morgan fingerprint density at radius 1 is 1.47 bits per heavy atom. The Kier molecular flexibility index (Phi) is 3.37. The van der Waals surface area contributed by atoms with Crippen molar-refractivity contribution in [3.63, 3.8) is 0 Å². The maximum atomic E-state index is 13.2. The number of nitrogens with one attached hydrogen (secondary N) is 1. The number of benzene rings is 1. The van der Waals surface area contributed by atoms with Gasteiger partial charge in [-0.1, -0.05) is 0 Å². The van der Waals surface area contributed by atoms with Crippen LogP contribution in [-0.2, 0) is 4.79 Å². The van der Waals surface area contributed by atoms with E-state index in [1.54, 1.807) is 0 Å². The predicted molar refractivity (Wildman–Crippen MR) is 54.3 cm³/mol. The molecule has 1 aromatic carbocycles. The molecule has 2 N–H and O–H groups in total. The van der Waals surface area contributed by atoms with Crippen molar-refractivity contribution in [1.29, 1.82) is 0 Å². The van der Waals surface area contributed by atoms with Gasteiger partial charge in [-0.2, -0.15) is 0 Å². The Balaban J connectivity index is 3.52. The fourth-order valence-corrected chi connectivity index (χ4v) is 1.25. The van der Waals surface area contributed by atoms with Crippen molar-refractivity contribution in [2.45, 2.75) is 6.92 Å². The van der Waals surface area contributed by atoms with E-state index in [-0.39, 0.29) is 5.69 Å². The Morgan fingerprint density at radius 2 is 2.06 bits per heavy atom. The molecule has 1 rings (SSSR count). The lowest BCUT2D eigenvalue weighted by Crippen LogP contribution is -2.12. The molecular formula is C9H7FN2O5. The van der Waals surface area contributed by atoms with Gasteiger partial charge >= 0.3 is 11.7 Å². The van der Waals surface area contributed by atoms with Gasteiger partial charge in [-0.15, -0.1) is 0 Å². The molecule has 0 saturated carbocycles. The summed E-state index contributed by atoms with van der Waals surface area (Å²) >= 11 is 0. The third kappa shape index (κ3) is 2.54. The molecule has 17 heavy (non-hydrogen) atoms. The standard InChI is InChI=1S/C9H7FN2O5/c1-4(13)11-6-3-2-5(10)7(9(14)15)8(6)12(16)17/h2-3H,1H3,(H,11,13)(H,14,15). The molecule has 0 aliphatic carbocycles. The lowest BCUT2D eigenvalue weighted by atomic mass is 10.1. The first kappa shape index (κ1) is 12.6. The summed E-state index contributed by atoms with van der Waals surface area (Å²) in [5, 5.41) is 21.5. The molecule has 0 saturated heterocycles. The van der Waals surface area contributed by atoms with Crippen molar-refractivity contribution in [2.75, 3.05) is 5.32 Å². The lowest BCUT2D eigenvalue weighted by molar-refractivity contribution is -0.384. The zero-order chi connectivity index (χ0) is 13.2. The van der Waals surface area contributed by atoms with E-state index in [0.717, 1.165) is 19.1 Å². The van der Waals surface area contributed by atoms with E-state index in [2.05, 4.69) is 5.32 Å². The van der Waals surface area contributed by atoms with Crippen molar-refractivity contribution in [3.8, 4) is 0 Å². The van der Waals surface area contributed by atoms with Gasteiger partial charge in [0, 0.05) is 6.92 Å². The zero-order valence-electron chi connectivity index (χ0n) is 8.56. The van der Waals surface area contributed by atoms with Crippen molar-refractivity contribution in [3.05, 3.63) is 33.6 Å². The fourth-order valence-electron chi connectivity index (χ4n) is 1.25. The van der Waals surface area contributed by atoms with Crippen LogP contribution in [0.15, 0.2) is 12.1 Å². The summed E-state index contributed by atoms with van der Waals surface area (Å²) in [5.74, 6) is -3.64. The van der Waals surface area contributed by atoms with Gasteiger partial charge in [-0.3, -0.25) is 14.9 Å². The maximum absolute atomic E-state index is 13.2. The fraction of sp³-hybridized carbons (Fsp3) is 0.111. The van der Waals surface area contributed by atoms with Gasteiger partial charge in [0.25, 0.3) is 0 Å². The van der Waals surface area contributed by atoms with E-state index in [9.17, 15) is 24.1 Å². The zero-order valence-corrected chi connectivity index (χ0v) is 8.56. The molecular weight excluding hydrogens is 235 g/mol. The molecule has 0 atom stereocenters. The Bertz CT molecular complexity index is 514. The van der Waals surface area contributed by atoms with Gasteiger partial charge in [0.05, 0.1) is 4.92 Å². The molecule has 0 radical (unpaired) electrons. The number of carboxylic acids is 1. The van der Waals surface area contributed by atoms with E-state index >= 15 is 0 Å². The van der Waals surface area contributed by atoms with E-state index in [4.69, 9.17) is 5.11 Å². The van der Waals surface area contributed by atoms with Crippen LogP contribution in [0.4, 0.5) is 15.8 Å². The van der Waals surface area contributed by atoms with E-state index in [0.29, 0.717) is 0 Å². The Morgan fingerprint density at radius 3 is 2.47 bits per heavy atom. The highest BCUT2D eigenvalue weighted by molar-refractivity contribution is 5.99. The van der Waals surface area contributed by atoms with Gasteiger partial charge in [-0.05, 0) is 12.1 Å². The molecule has 0 aromatic heterocycles. The average molecular weight is 242 g/mol. The molecule has 0 heterocycles. The number of rotatable bonds is 3. The van der Waals surface area contributed by atoms with Crippen LogP contribution >= 0.6 is 0 Å². The van der Waals surface area contributed by atoms with Gasteiger partial charge in [0.2, 0.25) is 5.91 Å². The van der Waals surface area contributed by atoms with Crippen LogP contribution in [0.2, 0.25) is 0 Å². The van der Waals surface area contributed by atoms with E-state index in [1.807, 2.05) is 0 Å². The highest BCUT2D eigenvalue weighted by Crippen LogP contribution is 2.30. The molecule has 0 unspecified atom stereocenters. The summed E-state index contributed by atoms with van der Waals surface area (Å²) < 4.78 is 13.2. The number of hydrogen-bond acceptors (Lipinski definition) is 4. The highest BCUT2D eigenvalue weighted by atomic mass is 19.1. The van der Waals surface area contributed by atoms with Crippen LogP contribution < -0.4 is 5.32 Å². The molecule has 7 nitrogen and oxygen atoms in total. The van der Waals surface area contributed by atoms with Crippen LogP contribution in [0.3, 0.4) is 0 Å². The minimum absolute atomic E-state index is 0.360. The SMILES string of the molecule is CC(=O)Nc1ccc(F)c(C(=O)O)c1[N+](=O)[O-]. The third-order valence-corrected chi connectivity index (χ3v) is 1.83. The number of halogens is 1. The first-order valence-corrected chi connectivity index (χ1v) is 4.32. The highest BCUT2D eigenvalue weighted by Gasteiger charge is 2.28. The quantitative estimate of drug-likeness (QED) is 0.614. The first-order valence-electron chi connectivity index (χ1n) is 4.32. The number of anilines is 1. The van der Waals surface area contributed by atoms with Crippen LogP contribution in [0.1, 0.15) is 17.3 Å². The number of nitro benzene ring substituents is 1. The molecule has 0 bridgehead atoms. The molecule has 8 heteroatoms. The smallest absolute Gasteiger partial charge is 0.345 e. The van der Waals surface area contributed by atoms with Crippen molar-refractivity contribution in [2.24, 2.45) is 0 Å². The molecule has 0 aliphatic rings. The van der Waals surface area contributed by atoms with E-state index < -0.39 is 33.9 Å². The number of nitrogens with zero attached hydrogens (tertiary/aromatic N) is 1. The molecule has 1 aromatic rings. The molecule has 0 aliphatic heterocycles. The van der Waals surface area contributed by atoms with Crippen molar-refractivity contribution in [1.82, 2.24) is 0 Å². The number of carbonyl (C=O) groups is 2. The summed E-state index contributed by atoms with van der Waals surface area (Å²) in [6, 6.07) is 1.67. The van der Waals surface area contributed by atoms with Crippen molar-refractivity contribution < 1.29 is 24.0 Å². The maximum Gasteiger partial charge on any atom is 0.345 e. The van der Waals surface area contributed by atoms with Crippen LogP contribution in [0.25, 0.3) is 0 Å². The number of carboxylic acid groups (broad SMARTS) is 1. The second-order valence-electron chi connectivity index (χ2n) is 3.06. The number of aromatic carboxylic acids is 1. The number of amides is 1. The predicted octanol–water partition coefficient (Wildman–Crippen LogP) is 1.39.